The topological polar surface area (TPSA) is 29.3 Å². The first-order valence-electron chi connectivity index (χ1n) is 6.23. The number of piperidine rings is 1. The van der Waals surface area contributed by atoms with Crippen molar-refractivity contribution in [3.8, 4) is 0 Å². The number of nitrogens with two attached hydrogens (primary N) is 1. The second-order valence-electron chi connectivity index (χ2n) is 5.68. The predicted octanol–water partition coefficient (Wildman–Crippen LogP) is 3.60. The molecule has 1 saturated heterocycles. The Morgan fingerprint density at radius 2 is 1.94 bits per heavy atom. The quantitative estimate of drug-likeness (QED) is 0.841. The summed E-state index contributed by atoms with van der Waals surface area (Å²) in [6, 6.07) is 5.94. The van der Waals surface area contributed by atoms with Gasteiger partial charge >= 0.3 is 0 Å². The molecule has 0 saturated carbocycles. The van der Waals surface area contributed by atoms with Gasteiger partial charge in [0, 0.05) is 24.3 Å². The number of hydrogen-bond donors (Lipinski definition) is 1. The number of halogens is 1. The van der Waals surface area contributed by atoms with Gasteiger partial charge in [0.2, 0.25) is 0 Å². The Hall–Kier alpha value is -0.800. The molecular formula is C14H19ClN2S. The smallest absolute Gasteiger partial charge is 0.105 e. The maximum atomic E-state index is 6.21. The van der Waals surface area contributed by atoms with Crippen LogP contribution in [0.1, 0.15) is 32.3 Å². The van der Waals surface area contributed by atoms with Crippen molar-refractivity contribution in [1.29, 1.82) is 0 Å². The first-order chi connectivity index (χ1) is 8.39. The third kappa shape index (κ3) is 2.96. The molecule has 0 amide bonds. The highest BCUT2D eigenvalue weighted by molar-refractivity contribution is 7.80. The normalized spacial score (nSPS) is 18.7. The maximum Gasteiger partial charge on any atom is 0.105 e. The van der Waals surface area contributed by atoms with E-state index in [0.29, 0.717) is 15.4 Å². The standard InChI is InChI=1S/C14H19ClN2S/c1-14(2)5-7-17(8-6-14)10-3-4-11(13(16)18)12(15)9-10/h3-4,9H,5-8H2,1-2H3,(H2,16,18). The van der Waals surface area contributed by atoms with Gasteiger partial charge in [-0.05, 0) is 36.5 Å². The second-order valence-corrected chi connectivity index (χ2v) is 6.53. The van der Waals surface area contributed by atoms with Gasteiger partial charge in [-0.1, -0.05) is 37.7 Å². The summed E-state index contributed by atoms with van der Waals surface area (Å²) in [5, 5.41) is 0.643. The summed E-state index contributed by atoms with van der Waals surface area (Å²) in [6.07, 6.45) is 2.42. The van der Waals surface area contributed by atoms with Crippen molar-refractivity contribution in [2.24, 2.45) is 11.1 Å². The summed E-state index contributed by atoms with van der Waals surface area (Å²) < 4.78 is 0. The van der Waals surface area contributed by atoms with Crippen LogP contribution in [0.5, 0.6) is 0 Å². The molecule has 1 fully saturated rings. The van der Waals surface area contributed by atoms with Gasteiger partial charge in [0.15, 0.2) is 0 Å². The lowest BCUT2D eigenvalue weighted by atomic mass is 9.82. The molecule has 1 aliphatic rings. The van der Waals surface area contributed by atoms with Crippen molar-refractivity contribution in [2.75, 3.05) is 18.0 Å². The van der Waals surface area contributed by atoms with Crippen LogP contribution in [0.3, 0.4) is 0 Å². The average Bonchev–Trinajstić information content (AvgIpc) is 2.28. The molecule has 2 rings (SSSR count). The van der Waals surface area contributed by atoms with E-state index in [1.54, 1.807) is 0 Å². The Labute approximate surface area is 119 Å². The molecule has 2 nitrogen and oxygen atoms in total. The van der Waals surface area contributed by atoms with Crippen LogP contribution in [0, 0.1) is 5.41 Å². The third-order valence-corrected chi connectivity index (χ3v) is 4.23. The molecule has 1 aromatic rings. The summed E-state index contributed by atoms with van der Waals surface area (Å²) >= 11 is 11.2. The van der Waals surface area contributed by atoms with Crippen LogP contribution in [0.2, 0.25) is 5.02 Å². The molecule has 98 valence electrons. The highest BCUT2D eigenvalue weighted by Crippen LogP contribution is 2.33. The van der Waals surface area contributed by atoms with Crippen LogP contribution < -0.4 is 10.6 Å². The average molecular weight is 283 g/mol. The minimum absolute atomic E-state index is 0.353. The van der Waals surface area contributed by atoms with Crippen LogP contribution in [-0.4, -0.2) is 18.1 Å². The minimum Gasteiger partial charge on any atom is -0.389 e. The van der Waals surface area contributed by atoms with Crippen molar-refractivity contribution in [1.82, 2.24) is 0 Å². The van der Waals surface area contributed by atoms with Crippen LogP contribution in [0.25, 0.3) is 0 Å². The highest BCUT2D eigenvalue weighted by Gasteiger charge is 2.25. The van der Waals surface area contributed by atoms with E-state index < -0.39 is 0 Å². The molecule has 0 radical (unpaired) electrons. The minimum atomic E-state index is 0.353. The van der Waals surface area contributed by atoms with E-state index in [-0.39, 0.29) is 0 Å². The summed E-state index contributed by atoms with van der Waals surface area (Å²) in [7, 11) is 0. The molecule has 0 spiro atoms. The maximum absolute atomic E-state index is 6.21. The summed E-state index contributed by atoms with van der Waals surface area (Å²) in [6.45, 7) is 6.81. The Morgan fingerprint density at radius 3 is 2.44 bits per heavy atom. The Morgan fingerprint density at radius 1 is 1.33 bits per heavy atom. The van der Waals surface area contributed by atoms with Crippen molar-refractivity contribution < 1.29 is 0 Å². The monoisotopic (exact) mass is 282 g/mol. The first-order valence-corrected chi connectivity index (χ1v) is 7.02. The second kappa shape index (κ2) is 5.06. The Balaban J connectivity index is 2.16. The SMILES string of the molecule is CC1(C)CCN(c2ccc(C(N)=S)c(Cl)c2)CC1. The van der Waals surface area contributed by atoms with Gasteiger partial charge in [0.05, 0.1) is 5.02 Å². The fourth-order valence-corrected chi connectivity index (χ4v) is 2.78. The predicted molar refractivity (Wildman–Crippen MR) is 82.6 cm³/mol. The van der Waals surface area contributed by atoms with Crippen molar-refractivity contribution in [3.63, 3.8) is 0 Å². The van der Waals surface area contributed by atoms with Crippen molar-refractivity contribution >= 4 is 34.5 Å². The van der Waals surface area contributed by atoms with Gasteiger partial charge in [-0.15, -0.1) is 0 Å². The van der Waals surface area contributed by atoms with Gasteiger partial charge in [0.1, 0.15) is 4.99 Å². The van der Waals surface area contributed by atoms with Gasteiger partial charge in [-0.25, -0.2) is 0 Å². The van der Waals surface area contributed by atoms with Gasteiger partial charge in [-0.2, -0.15) is 0 Å². The number of thiocarbonyl (C=S) groups is 1. The van der Waals surface area contributed by atoms with E-state index in [0.717, 1.165) is 24.3 Å². The Bertz CT molecular complexity index is 461. The van der Waals surface area contributed by atoms with Crippen molar-refractivity contribution in [2.45, 2.75) is 26.7 Å². The highest BCUT2D eigenvalue weighted by atomic mass is 35.5. The molecule has 1 aromatic carbocycles. The number of hydrogen-bond acceptors (Lipinski definition) is 2. The number of rotatable bonds is 2. The summed E-state index contributed by atoms with van der Waals surface area (Å²) in [5.74, 6) is 0. The molecular weight excluding hydrogens is 264 g/mol. The van der Waals surface area contributed by atoms with Crippen LogP contribution >= 0.6 is 23.8 Å². The molecule has 1 heterocycles. The molecule has 1 aliphatic heterocycles. The van der Waals surface area contributed by atoms with Gasteiger partial charge < -0.3 is 10.6 Å². The third-order valence-electron chi connectivity index (χ3n) is 3.70. The molecule has 0 aliphatic carbocycles. The first kappa shape index (κ1) is 13.6. The van der Waals surface area contributed by atoms with Crippen molar-refractivity contribution in [3.05, 3.63) is 28.8 Å². The molecule has 2 N–H and O–H groups in total. The fraction of sp³-hybridized carbons (Fsp3) is 0.500. The molecule has 0 bridgehead atoms. The zero-order valence-electron chi connectivity index (χ0n) is 10.9. The van der Waals surface area contributed by atoms with E-state index >= 15 is 0 Å². The number of benzene rings is 1. The molecule has 0 aromatic heterocycles. The number of anilines is 1. The van der Waals surface area contributed by atoms with E-state index in [2.05, 4.69) is 24.8 Å². The van der Waals surface area contributed by atoms with E-state index in [1.807, 2.05) is 12.1 Å². The molecule has 4 heteroatoms. The Kier molecular flexibility index (Phi) is 3.83. The van der Waals surface area contributed by atoms with Gasteiger partial charge in [0.25, 0.3) is 0 Å². The van der Waals surface area contributed by atoms with Gasteiger partial charge in [-0.3, -0.25) is 0 Å². The lowest BCUT2D eigenvalue weighted by Gasteiger charge is -2.38. The molecule has 0 atom stereocenters. The molecule has 18 heavy (non-hydrogen) atoms. The van der Waals surface area contributed by atoms with Crippen LogP contribution in [0.15, 0.2) is 18.2 Å². The van der Waals surface area contributed by atoms with E-state index in [4.69, 9.17) is 29.6 Å². The lowest BCUT2D eigenvalue weighted by Crippen LogP contribution is -2.37. The van der Waals surface area contributed by atoms with E-state index in [9.17, 15) is 0 Å². The largest absolute Gasteiger partial charge is 0.389 e. The molecule has 0 unspecified atom stereocenters. The zero-order valence-corrected chi connectivity index (χ0v) is 12.4. The lowest BCUT2D eigenvalue weighted by molar-refractivity contribution is 0.280. The van der Waals surface area contributed by atoms with Crippen LogP contribution in [-0.2, 0) is 0 Å². The summed E-state index contributed by atoms with van der Waals surface area (Å²) in [5.41, 5.74) is 7.99. The van der Waals surface area contributed by atoms with E-state index in [1.165, 1.54) is 12.8 Å². The fourth-order valence-electron chi connectivity index (χ4n) is 2.27. The number of nitrogens with zero attached hydrogens (tertiary/aromatic N) is 1. The van der Waals surface area contributed by atoms with Crippen LogP contribution in [0.4, 0.5) is 5.69 Å². The zero-order chi connectivity index (χ0) is 13.3. The summed E-state index contributed by atoms with van der Waals surface area (Å²) in [4.78, 5) is 2.73.